The summed E-state index contributed by atoms with van der Waals surface area (Å²) in [6.07, 6.45) is 2.35. The van der Waals surface area contributed by atoms with Crippen molar-refractivity contribution < 1.29 is 24.3 Å². The molecule has 0 spiro atoms. The zero-order valence-corrected chi connectivity index (χ0v) is 17.2. The Morgan fingerprint density at radius 1 is 1.11 bits per heavy atom. The van der Waals surface area contributed by atoms with E-state index in [1.807, 2.05) is 0 Å². The van der Waals surface area contributed by atoms with E-state index in [2.05, 4.69) is 17.9 Å². The number of rotatable bonds is 7. The van der Waals surface area contributed by atoms with Crippen molar-refractivity contribution in [1.82, 2.24) is 15.1 Å². The first-order valence-corrected chi connectivity index (χ1v) is 10.3. The van der Waals surface area contributed by atoms with Crippen LogP contribution in [0.15, 0.2) is 0 Å². The fourth-order valence-corrected chi connectivity index (χ4v) is 3.99. The summed E-state index contributed by atoms with van der Waals surface area (Å²) in [5.74, 6) is -2.24. The monoisotopic (exact) mass is 414 g/mol. The van der Waals surface area contributed by atoms with Crippen LogP contribution in [0.3, 0.4) is 0 Å². The number of nitrogens with two attached hydrogens (primary N) is 1. The van der Waals surface area contributed by atoms with Crippen molar-refractivity contribution >= 4 is 36.3 Å². The lowest BCUT2D eigenvalue weighted by Crippen LogP contribution is -2.57. The Bertz CT molecular complexity index is 629. The number of thiol groups is 1. The van der Waals surface area contributed by atoms with E-state index in [-0.39, 0.29) is 23.5 Å². The summed E-state index contributed by atoms with van der Waals surface area (Å²) in [5.41, 5.74) is 5.79. The molecule has 2 heterocycles. The highest BCUT2D eigenvalue weighted by Crippen LogP contribution is 2.25. The zero-order chi connectivity index (χ0) is 21.0. The van der Waals surface area contributed by atoms with Crippen molar-refractivity contribution in [1.29, 1.82) is 0 Å². The van der Waals surface area contributed by atoms with Gasteiger partial charge in [0.15, 0.2) is 0 Å². The van der Waals surface area contributed by atoms with Crippen LogP contribution in [-0.4, -0.2) is 81.6 Å². The van der Waals surface area contributed by atoms with Crippen molar-refractivity contribution in [3.63, 3.8) is 0 Å². The van der Waals surface area contributed by atoms with Crippen LogP contribution in [-0.2, 0) is 19.2 Å². The normalized spacial score (nSPS) is 24.3. The standard InChI is InChI=1S/C18H30N4O5S/c1-10(2)14(18(26)27)20-15(23)12-5-3-7-21(12)17(25)13-6-4-8-22(13)16(24)11(19)9-28/h10-14,28H,3-9,19H2,1-2H3,(H,20,23)(H,26,27). The number of carboxylic acids is 1. The molecule has 4 N–H and O–H groups in total. The number of hydrogen-bond acceptors (Lipinski definition) is 6. The van der Waals surface area contributed by atoms with Crippen molar-refractivity contribution in [3.05, 3.63) is 0 Å². The molecular weight excluding hydrogens is 384 g/mol. The maximum Gasteiger partial charge on any atom is 0.326 e. The summed E-state index contributed by atoms with van der Waals surface area (Å²) in [6.45, 7) is 4.29. The molecule has 28 heavy (non-hydrogen) atoms. The fourth-order valence-electron chi connectivity index (χ4n) is 3.84. The Kier molecular flexibility index (Phi) is 7.70. The lowest BCUT2D eigenvalue weighted by atomic mass is 10.0. The highest BCUT2D eigenvalue weighted by Gasteiger charge is 2.43. The van der Waals surface area contributed by atoms with Gasteiger partial charge < -0.3 is 26.0 Å². The number of aliphatic carboxylic acids is 1. The van der Waals surface area contributed by atoms with Crippen LogP contribution in [0.4, 0.5) is 0 Å². The average Bonchev–Trinajstić information content (AvgIpc) is 3.32. The van der Waals surface area contributed by atoms with E-state index in [1.54, 1.807) is 13.8 Å². The zero-order valence-electron chi connectivity index (χ0n) is 16.3. The van der Waals surface area contributed by atoms with E-state index < -0.39 is 36.0 Å². The maximum atomic E-state index is 13.1. The number of nitrogens with one attached hydrogen (secondary N) is 1. The van der Waals surface area contributed by atoms with Crippen LogP contribution in [0.1, 0.15) is 39.5 Å². The highest BCUT2D eigenvalue weighted by molar-refractivity contribution is 7.80. The molecule has 2 aliphatic rings. The van der Waals surface area contributed by atoms with Gasteiger partial charge in [-0.3, -0.25) is 14.4 Å². The Hall–Kier alpha value is -1.81. The van der Waals surface area contributed by atoms with Gasteiger partial charge in [-0.2, -0.15) is 12.6 Å². The van der Waals surface area contributed by atoms with Crippen LogP contribution in [0.5, 0.6) is 0 Å². The Morgan fingerprint density at radius 2 is 1.68 bits per heavy atom. The van der Waals surface area contributed by atoms with Gasteiger partial charge in [0.2, 0.25) is 17.7 Å². The number of hydrogen-bond donors (Lipinski definition) is 4. The molecule has 2 rings (SSSR count). The molecule has 2 fully saturated rings. The van der Waals surface area contributed by atoms with Crippen molar-refractivity contribution in [2.24, 2.45) is 11.7 Å². The molecule has 0 bridgehead atoms. The van der Waals surface area contributed by atoms with Gasteiger partial charge in [0, 0.05) is 18.8 Å². The van der Waals surface area contributed by atoms with Gasteiger partial charge >= 0.3 is 5.97 Å². The van der Waals surface area contributed by atoms with Crippen molar-refractivity contribution in [2.45, 2.75) is 63.7 Å². The minimum absolute atomic E-state index is 0.191. The van der Waals surface area contributed by atoms with Gasteiger partial charge in [0.1, 0.15) is 18.1 Å². The van der Waals surface area contributed by atoms with Gasteiger partial charge in [-0.25, -0.2) is 4.79 Å². The van der Waals surface area contributed by atoms with Gasteiger partial charge in [0.05, 0.1) is 6.04 Å². The van der Waals surface area contributed by atoms with Gasteiger partial charge in [-0.1, -0.05) is 13.8 Å². The molecule has 0 radical (unpaired) electrons. The largest absolute Gasteiger partial charge is 0.480 e. The molecular formula is C18H30N4O5S. The number of carbonyl (C=O) groups is 4. The molecule has 0 aromatic rings. The van der Waals surface area contributed by atoms with E-state index in [0.717, 1.165) is 0 Å². The summed E-state index contributed by atoms with van der Waals surface area (Å²) in [4.78, 5) is 52.6. The Labute approximate surface area is 170 Å². The predicted octanol–water partition coefficient (Wildman–Crippen LogP) is -0.549. The number of carbonyl (C=O) groups excluding carboxylic acids is 3. The smallest absolute Gasteiger partial charge is 0.326 e. The third-order valence-electron chi connectivity index (χ3n) is 5.40. The third-order valence-corrected chi connectivity index (χ3v) is 5.80. The Balaban J connectivity index is 2.10. The number of carboxylic acid groups (broad SMARTS) is 1. The molecule has 3 amide bonds. The van der Waals surface area contributed by atoms with Crippen molar-refractivity contribution in [2.75, 3.05) is 18.8 Å². The summed E-state index contributed by atoms with van der Waals surface area (Å²) in [7, 11) is 0. The molecule has 4 unspecified atom stereocenters. The van der Waals surface area contributed by atoms with E-state index >= 15 is 0 Å². The molecule has 2 aliphatic heterocycles. The molecule has 0 aromatic carbocycles. The van der Waals surface area contributed by atoms with E-state index in [9.17, 15) is 24.3 Å². The minimum atomic E-state index is -1.10. The van der Waals surface area contributed by atoms with Crippen LogP contribution in [0, 0.1) is 5.92 Å². The van der Waals surface area contributed by atoms with Crippen LogP contribution in [0.25, 0.3) is 0 Å². The lowest BCUT2D eigenvalue weighted by Gasteiger charge is -2.32. The molecule has 0 aromatic heterocycles. The first-order valence-electron chi connectivity index (χ1n) is 9.69. The summed E-state index contributed by atoms with van der Waals surface area (Å²) in [6, 6.07) is -3.13. The highest BCUT2D eigenvalue weighted by atomic mass is 32.1. The lowest BCUT2D eigenvalue weighted by molar-refractivity contribution is -0.148. The minimum Gasteiger partial charge on any atom is -0.480 e. The molecule has 10 heteroatoms. The number of likely N-dealkylation sites (tertiary alicyclic amines) is 2. The molecule has 0 saturated carbocycles. The maximum absolute atomic E-state index is 13.1. The number of amides is 3. The first kappa shape index (κ1) is 22.5. The van der Waals surface area contributed by atoms with Crippen molar-refractivity contribution in [3.8, 4) is 0 Å². The predicted molar refractivity (Wildman–Crippen MR) is 106 cm³/mol. The molecule has 9 nitrogen and oxygen atoms in total. The average molecular weight is 415 g/mol. The van der Waals surface area contributed by atoms with Crippen LogP contribution < -0.4 is 11.1 Å². The molecule has 4 atom stereocenters. The number of nitrogens with zero attached hydrogens (tertiary/aromatic N) is 2. The van der Waals surface area contributed by atoms with Crippen LogP contribution >= 0.6 is 12.6 Å². The van der Waals surface area contributed by atoms with E-state index in [4.69, 9.17) is 5.73 Å². The summed E-state index contributed by atoms with van der Waals surface area (Å²) in [5, 5.41) is 11.8. The second kappa shape index (κ2) is 9.60. The first-order chi connectivity index (χ1) is 13.2. The SMILES string of the molecule is CC(C)C(NC(=O)C1CCCN1C(=O)C1CCCN1C(=O)C(N)CS)C(=O)O. The van der Waals surface area contributed by atoms with Gasteiger partial charge in [-0.05, 0) is 31.6 Å². The second-order valence-corrected chi connectivity index (χ2v) is 8.10. The fraction of sp³-hybridized carbons (Fsp3) is 0.778. The Morgan fingerprint density at radius 3 is 2.21 bits per heavy atom. The van der Waals surface area contributed by atoms with E-state index in [1.165, 1.54) is 9.80 Å². The quantitative estimate of drug-likeness (QED) is 0.413. The molecule has 0 aliphatic carbocycles. The second-order valence-electron chi connectivity index (χ2n) is 7.74. The third kappa shape index (κ3) is 4.78. The van der Waals surface area contributed by atoms with Gasteiger partial charge in [-0.15, -0.1) is 0 Å². The topological polar surface area (TPSA) is 133 Å². The summed E-state index contributed by atoms with van der Waals surface area (Å²) < 4.78 is 0. The van der Waals surface area contributed by atoms with E-state index in [0.29, 0.717) is 38.8 Å². The van der Waals surface area contributed by atoms with Gasteiger partial charge in [0.25, 0.3) is 0 Å². The summed E-state index contributed by atoms with van der Waals surface area (Å²) >= 11 is 4.05. The van der Waals surface area contributed by atoms with Crippen LogP contribution in [0.2, 0.25) is 0 Å². The molecule has 158 valence electrons. The molecule has 2 saturated heterocycles.